The Morgan fingerprint density at radius 2 is 1.84 bits per heavy atom. The average molecular weight is 447 g/mol. The van der Waals surface area contributed by atoms with E-state index in [4.69, 9.17) is 4.74 Å². The Hall–Kier alpha value is -2.91. The zero-order chi connectivity index (χ0) is 22.8. The second-order valence-electron chi connectivity index (χ2n) is 7.29. The zero-order valence-electron chi connectivity index (χ0n) is 17.7. The molecule has 31 heavy (non-hydrogen) atoms. The maximum absolute atomic E-state index is 12.7. The molecular weight excluding hydrogens is 420 g/mol. The molecule has 1 aliphatic heterocycles. The van der Waals surface area contributed by atoms with Gasteiger partial charge in [0, 0.05) is 24.8 Å². The number of aromatic hydroxyl groups is 1. The number of anilines is 1. The number of esters is 1. The number of benzene rings is 2. The fourth-order valence-corrected chi connectivity index (χ4v) is 5.26. The fourth-order valence-electron chi connectivity index (χ4n) is 3.77. The van der Waals surface area contributed by atoms with E-state index in [0.29, 0.717) is 6.42 Å². The molecule has 0 spiro atoms. The maximum Gasteiger partial charge on any atom is 0.342 e. The summed E-state index contributed by atoms with van der Waals surface area (Å²) >= 11 is 0. The molecular formula is C22H26N2O6S. The quantitative estimate of drug-likeness (QED) is 0.656. The van der Waals surface area contributed by atoms with Gasteiger partial charge in [0.1, 0.15) is 11.3 Å². The minimum Gasteiger partial charge on any atom is -0.507 e. The van der Waals surface area contributed by atoms with Crippen molar-refractivity contribution in [1.29, 1.82) is 0 Å². The molecule has 8 nitrogen and oxygen atoms in total. The zero-order valence-corrected chi connectivity index (χ0v) is 18.6. The van der Waals surface area contributed by atoms with Gasteiger partial charge >= 0.3 is 5.97 Å². The summed E-state index contributed by atoms with van der Waals surface area (Å²) < 4.78 is 31.8. The lowest BCUT2D eigenvalue weighted by atomic mass is 10.1. The van der Waals surface area contributed by atoms with E-state index in [2.05, 4.69) is 0 Å². The smallest absolute Gasteiger partial charge is 0.342 e. The number of para-hydroxylation sites is 1. The number of ether oxygens (including phenoxy) is 1. The molecule has 0 radical (unpaired) electrons. The first-order valence-corrected chi connectivity index (χ1v) is 11.5. The van der Waals surface area contributed by atoms with Gasteiger partial charge in [-0.05, 0) is 43.2 Å². The third kappa shape index (κ3) is 4.42. The molecule has 2 aromatic carbocycles. The number of carbonyl (C=O) groups excluding carboxylic acids is 2. The van der Waals surface area contributed by atoms with Crippen LogP contribution in [0.5, 0.6) is 5.75 Å². The third-order valence-electron chi connectivity index (χ3n) is 5.33. The monoisotopic (exact) mass is 446 g/mol. The molecule has 166 valence electrons. The van der Waals surface area contributed by atoms with Crippen LogP contribution in [0.15, 0.2) is 47.4 Å². The van der Waals surface area contributed by atoms with Gasteiger partial charge < -0.3 is 14.7 Å². The van der Waals surface area contributed by atoms with Crippen LogP contribution < -0.4 is 4.90 Å². The first kappa shape index (κ1) is 22.8. The van der Waals surface area contributed by atoms with Gasteiger partial charge in [0.2, 0.25) is 10.0 Å². The topological polar surface area (TPSA) is 104 Å². The number of hydrogen-bond acceptors (Lipinski definition) is 6. The predicted molar refractivity (Wildman–Crippen MR) is 116 cm³/mol. The van der Waals surface area contributed by atoms with Gasteiger partial charge in [-0.1, -0.05) is 32.0 Å². The van der Waals surface area contributed by atoms with Crippen LogP contribution in [-0.4, -0.2) is 55.4 Å². The Kier molecular flexibility index (Phi) is 6.66. The van der Waals surface area contributed by atoms with Crippen LogP contribution in [0.2, 0.25) is 0 Å². The predicted octanol–water partition coefficient (Wildman–Crippen LogP) is 2.56. The van der Waals surface area contributed by atoms with Crippen molar-refractivity contribution in [2.45, 2.75) is 38.1 Å². The number of nitrogens with zero attached hydrogens (tertiary/aromatic N) is 2. The molecule has 1 heterocycles. The van der Waals surface area contributed by atoms with Crippen LogP contribution in [0.4, 0.5) is 5.69 Å². The van der Waals surface area contributed by atoms with Gasteiger partial charge in [-0.15, -0.1) is 0 Å². The summed E-state index contributed by atoms with van der Waals surface area (Å²) in [5, 5.41) is 10.1. The molecule has 1 amide bonds. The van der Waals surface area contributed by atoms with Gasteiger partial charge in [-0.2, -0.15) is 4.31 Å². The number of sulfonamides is 1. The number of hydrogen-bond donors (Lipinski definition) is 1. The van der Waals surface area contributed by atoms with Crippen molar-refractivity contribution >= 4 is 27.6 Å². The minimum atomic E-state index is -3.82. The summed E-state index contributed by atoms with van der Waals surface area (Å²) in [6.45, 7) is 5.34. The van der Waals surface area contributed by atoms with Gasteiger partial charge in [0.25, 0.3) is 5.91 Å². The second kappa shape index (κ2) is 9.07. The van der Waals surface area contributed by atoms with Gasteiger partial charge in [-0.3, -0.25) is 4.79 Å². The summed E-state index contributed by atoms with van der Waals surface area (Å²) in [4.78, 5) is 26.7. The Morgan fingerprint density at radius 1 is 1.16 bits per heavy atom. The van der Waals surface area contributed by atoms with Crippen LogP contribution in [0, 0.1) is 0 Å². The van der Waals surface area contributed by atoms with Crippen molar-refractivity contribution < 1.29 is 27.9 Å². The lowest BCUT2D eigenvalue weighted by molar-refractivity contribution is -0.122. The number of phenols is 1. The Balaban J connectivity index is 1.76. The summed E-state index contributed by atoms with van der Waals surface area (Å²) in [5.41, 5.74) is 1.52. The van der Waals surface area contributed by atoms with E-state index < -0.39 is 34.3 Å². The maximum atomic E-state index is 12.7. The lowest BCUT2D eigenvalue weighted by Gasteiger charge is -2.22. The standard InChI is InChI=1S/C22H26N2O6S/c1-4-23(5-2)31(28,29)17-10-11-20(25)18(13-17)22(27)30-14-21(26)24-15(3)12-16-8-6-7-9-19(16)24/h6-11,13,15,25H,4-5,12,14H2,1-3H3/t15-/m1/s1. The molecule has 0 aliphatic carbocycles. The highest BCUT2D eigenvalue weighted by atomic mass is 32.2. The molecule has 0 aromatic heterocycles. The SMILES string of the molecule is CCN(CC)S(=O)(=O)c1ccc(O)c(C(=O)OCC(=O)N2c3ccccc3C[C@H]2C)c1. The number of fused-ring (bicyclic) bond motifs is 1. The van der Waals surface area contributed by atoms with E-state index in [9.17, 15) is 23.1 Å². The van der Waals surface area contributed by atoms with E-state index in [1.165, 1.54) is 10.4 Å². The van der Waals surface area contributed by atoms with Crippen LogP contribution in [0.3, 0.4) is 0 Å². The number of amides is 1. The third-order valence-corrected chi connectivity index (χ3v) is 7.38. The molecule has 3 rings (SSSR count). The summed E-state index contributed by atoms with van der Waals surface area (Å²) in [6, 6.07) is 10.9. The Morgan fingerprint density at radius 3 is 2.52 bits per heavy atom. The number of rotatable bonds is 7. The van der Waals surface area contributed by atoms with E-state index >= 15 is 0 Å². The van der Waals surface area contributed by atoms with E-state index in [1.54, 1.807) is 18.7 Å². The number of phenolic OH excluding ortho intramolecular Hbond substituents is 1. The number of carbonyl (C=O) groups is 2. The highest BCUT2D eigenvalue weighted by Gasteiger charge is 2.31. The van der Waals surface area contributed by atoms with Crippen LogP contribution in [0.1, 0.15) is 36.7 Å². The molecule has 0 fully saturated rings. The largest absolute Gasteiger partial charge is 0.507 e. The molecule has 0 unspecified atom stereocenters. The van der Waals surface area contributed by atoms with Crippen LogP contribution in [-0.2, 0) is 26.0 Å². The van der Waals surface area contributed by atoms with Crippen molar-refractivity contribution in [2.24, 2.45) is 0 Å². The molecule has 1 aliphatic rings. The minimum absolute atomic E-state index is 0.0699. The van der Waals surface area contributed by atoms with E-state index in [0.717, 1.165) is 23.4 Å². The molecule has 1 atom stereocenters. The highest BCUT2D eigenvalue weighted by molar-refractivity contribution is 7.89. The van der Waals surface area contributed by atoms with Crippen molar-refractivity contribution in [1.82, 2.24) is 4.31 Å². The van der Waals surface area contributed by atoms with Crippen molar-refractivity contribution in [3.63, 3.8) is 0 Å². The van der Waals surface area contributed by atoms with E-state index in [-0.39, 0.29) is 29.6 Å². The average Bonchev–Trinajstić information content (AvgIpc) is 3.08. The molecule has 2 aromatic rings. The molecule has 0 bridgehead atoms. The summed E-state index contributed by atoms with van der Waals surface area (Å²) in [5.74, 6) is -1.78. The van der Waals surface area contributed by atoms with Gasteiger partial charge in [-0.25, -0.2) is 13.2 Å². The first-order chi connectivity index (χ1) is 14.7. The fraction of sp³-hybridized carbons (Fsp3) is 0.364. The van der Waals surface area contributed by atoms with Crippen LogP contribution in [0.25, 0.3) is 0 Å². The van der Waals surface area contributed by atoms with Gasteiger partial charge in [0.05, 0.1) is 4.90 Å². The summed E-state index contributed by atoms with van der Waals surface area (Å²) in [7, 11) is -3.82. The molecule has 0 saturated heterocycles. The van der Waals surface area contributed by atoms with Crippen molar-refractivity contribution in [3.05, 3.63) is 53.6 Å². The van der Waals surface area contributed by atoms with Crippen molar-refractivity contribution in [2.75, 3.05) is 24.6 Å². The Labute approximate surface area is 182 Å². The Bertz CT molecular complexity index is 1090. The summed E-state index contributed by atoms with van der Waals surface area (Å²) in [6.07, 6.45) is 0.710. The first-order valence-electron chi connectivity index (χ1n) is 10.1. The molecule has 0 saturated carbocycles. The second-order valence-corrected chi connectivity index (χ2v) is 9.23. The van der Waals surface area contributed by atoms with E-state index in [1.807, 2.05) is 31.2 Å². The normalized spacial score (nSPS) is 15.7. The van der Waals surface area contributed by atoms with Crippen LogP contribution >= 0.6 is 0 Å². The lowest BCUT2D eigenvalue weighted by Crippen LogP contribution is -2.38. The van der Waals surface area contributed by atoms with Gasteiger partial charge in [0.15, 0.2) is 6.61 Å². The van der Waals surface area contributed by atoms with Crippen molar-refractivity contribution in [3.8, 4) is 5.75 Å². The highest BCUT2D eigenvalue weighted by Crippen LogP contribution is 2.32. The molecule has 9 heteroatoms. The molecule has 1 N–H and O–H groups in total.